The Morgan fingerprint density at radius 2 is 1.78 bits per heavy atom. The van der Waals surface area contributed by atoms with Gasteiger partial charge < -0.3 is 30.2 Å². The van der Waals surface area contributed by atoms with Gasteiger partial charge in [0.2, 0.25) is 5.91 Å². The van der Waals surface area contributed by atoms with E-state index in [-0.39, 0.29) is 24.0 Å². The lowest BCUT2D eigenvalue weighted by Gasteiger charge is -2.22. The average molecular weight is 545 g/mol. The molecule has 4 atom stereocenters. The summed E-state index contributed by atoms with van der Waals surface area (Å²) >= 11 is 1.91. The van der Waals surface area contributed by atoms with E-state index in [4.69, 9.17) is 14.2 Å². The van der Waals surface area contributed by atoms with Crippen LogP contribution in [0.4, 0.5) is 4.79 Å². The van der Waals surface area contributed by atoms with Crippen LogP contribution < -0.4 is 26.9 Å². The fourth-order valence-corrected chi connectivity index (χ4v) is 6.43. The van der Waals surface area contributed by atoms with Gasteiger partial charge in [-0.15, -0.1) is 0 Å². The lowest BCUT2D eigenvalue weighted by Crippen LogP contribution is -2.39. The third kappa shape index (κ3) is 12.1. The maximum atomic E-state index is 12.0. The minimum absolute atomic E-state index is 0.0494. The molecular formula is C25H48N6O5S. The molecule has 3 saturated heterocycles. The molecule has 0 radical (unpaired) electrons. The van der Waals surface area contributed by atoms with E-state index in [1.165, 1.54) is 0 Å². The van der Waals surface area contributed by atoms with Gasteiger partial charge in [-0.1, -0.05) is 27.2 Å². The lowest BCUT2D eigenvalue weighted by molar-refractivity contribution is -0.121. The summed E-state index contributed by atoms with van der Waals surface area (Å²) in [5.74, 6) is 1.04. The molecule has 3 aliphatic heterocycles. The first-order valence-corrected chi connectivity index (χ1v) is 14.8. The maximum absolute atomic E-state index is 12.0. The predicted octanol–water partition coefficient (Wildman–Crippen LogP) is 1.01. The van der Waals surface area contributed by atoms with Gasteiger partial charge in [-0.3, -0.25) is 4.79 Å². The van der Waals surface area contributed by atoms with Gasteiger partial charge in [0.05, 0.1) is 51.7 Å². The van der Waals surface area contributed by atoms with Gasteiger partial charge in [0.1, 0.15) is 0 Å². The van der Waals surface area contributed by atoms with Crippen LogP contribution in [0.2, 0.25) is 0 Å². The molecule has 37 heavy (non-hydrogen) atoms. The highest BCUT2D eigenvalue weighted by molar-refractivity contribution is 8.00. The van der Waals surface area contributed by atoms with Crippen LogP contribution in [0.25, 0.3) is 0 Å². The minimum Gasteiger partial charge on any atom is -0.378 e. The highest BCUT2D eigenvalue weighted by atomic mass is 32.2. The number of carbonyl (C=O) groups excluding carboxylic acids is 2. The molecule has 12 heteroatoms. The van der Waals surface area contributed by atoms with E-state index >= 15 is 0 Å². The van der Waals surface area contributed by atoms with Crippen molar-refractivity contribution in [2.75, 3.05) is 65.0 Å². The maximum Gasteiger partial charge on any atom is 0.315 e. The molecule has 0 aliphatic carbocycles. The zero-order valence-electron chi connectivity index (χ0n) is 22.8. The van der Waals surface area contributed by atoms with Crippen molar-refractivity contribution in [3.8, 4) is 0 Å². The Morgan fingerprint density at radius 3 is 2.54 bits per heavy atom. The zero-order chi connectivity index (χ0) is 26.5. The van der Waals surface area contributed by atoms with Gasteiger partial charge in [0.15, 0.2) is 0 Å². The Hall–Kier alpha value is -1.15. The molecule has 3 heterocycles. The molecule has 0 aromatic carbocycles. The molecule has 3 rings (SSSR count). The van der Waals surface area contributed by atoms with E-state index in [1.54, 1.807) is 0 Å². The monoisotopic (exact) mass is 544 g/mol. The molecule has 3 fully saturated rings. The number of amides is 3. The van der Waals surface area contributed by atoms with Crippen LogP contribution >= 0.6 is 11.8 Å². The van der Waals surface area contributed by atoms with Crippen molar-refractivity contribution in [1.29, 1.82) is 0 Å². The molecule has 3 aliphatic rings. The third-order valence-electron chi connectivity index (χ3n) is 6.63. The standard InChI is InChI=1S/C25H48N6O5S/c1-25(2,3)16-19-17-31(30-29-19)9-11-35-13-15-36-14-12-34-10-8-26-22(32)7-5-4-6-21-23-20(18-37-21)27-24(33)28-23/h19-21,23,29-30H,4-18H2,1-3H3,(H,26,32)(H2,27,28,33)/t19?,20?,21-,23?/m0/s1. The van der Waals surface area contributed by atoms with Gasteiger partial charge in [0, 0.05) is 43.1 Å². The molecule has 5 N–H and O–H groups in total. The number of nitrogens with one attached hydrogen (secondary N) is 5. The summed E-state index contributed by atoms with van der Waals surface area (Å²) in [5, 5.41) is 11.5. The fourth-order valence-electron chi connectivity index (χ4n) is 4.88. The summed E-state index contributed by atoms with van der Waals surface area (Å²) < 4.78 is 16.7. The fraction of sp³-hybridized carbons (Fsp3) is 0.920. The van der Waals surface area contributed by atoms with Crippen LogP contribution in [0.1, 0.15) is 52.9 Å². The van der Waals surface area contributed by atoms with Crippen molar-refractivity contribution < 1.29 is 23.8 Å². The van der Waals surface area contributed by atoms with Crippen molar-refractivity contribution in [3.63, 3.8) is 0 Å². The number of hydrazine groups is 2. The van der Waals surface area contributed by atoms with Gasteiger partial charge >= 0.3 is 6.03 Å². The minimum atomic E-state index is -0.0494. The highest BCUT2D eigenvalue weighted by Crippen LogP contribution is 2.33. The first-order valence-electron chi connectivity index (χ1n) is 13.7. The van der Waals surface area contributed by atoms with Crippen molar-refractivity contribution in [2.24, 2.45) is 5.41 Å². The Kier molecular flexibility index (Phi) is 13.2. The Balaban J connectivity index is 1.03. The smallest absolute Gasteiger partial charge is 0.315 e. The summed E-state index contributed by atoms with van der Waals surface area (Å²) in [6, 6.07) is 0.915. The van der Waals surface area contributed by atoms with Crippen LogP contribution in [0, 0.1) is 5.41 Å². The zero-order valence-corrected chi connectivity index (χ0v) is 23.6. The molecule has 0 bridgehead atoms. The number of thioether (sulfide) groups is 1. The van der Waals surface area contributed by atoms with Crippen molar-refractivity contribution in [2.45, 2.75) is 76.3 Å². The van der Waals surface area contributed by atoms with Crippen LogP contribution in [-0.4, -0.2) is 105 Å². The summed E-state index contributed by atoms with van der Waals surface area (Å²) in [7, 11) is 0. The first kappa shape index (κ1) is 30.4. The number of carbonyl (C=O) groups is 2. The molecule has 0 aromatic heterocycles. The van der Waals surface area contributed by atoms with E-state index in [2.05, 4.69) is 52.7 Å². The summed E-state index contributed by atoms with van der Waals surface area (Å²) in [5.41, 5.74) is 6.87. The largest absolute Gasteiger partial charge is 0.378 e. The van der Waals surface area contributed by atoms with Gasteiger partial charge in [0.25, 0.3) is 0 Å². The number of fused-ring (bicyclic) bond motifs is 1. The molecule has 0 aromatic rings. The van der Waals surface area contributed by atoms with E-state index in [1.807, 2.05) is 11.8 Å². The topological polar surface area (TPSA) is 125 Å². The molecule has 11 nitrogen and oxygen atoms in total. The van der Waals surface area contributed by atoms with E-state index in [0.717, 1.165) is 44.5 Å². The second-order valence-electron chi connectivity index (χ2n) is 11.2. The van der Waals surface area contributed by atoms with Gasteiger partial charge in [-0.25, -0.2) is 15.2 Å². The first-order chi connectivity index (χ1) is 17.8. The van der Waals surface area contributed by atoms with Crippen LogP contribution in [0.5, 0.6) is 0 Å². The number of urea groups is 1. The molecule has 3 amide bonds. The van der Waals surface area contributed by atoms with Crippen LogP contribution in [-0.2, 0) is 19.0 Å². The predicted molar refractivity (Wildman–Crippen MR) is 145 cm³/mol. The molecular weight excluding hydrogens is 496 g/mol. The lowest BCUT2D eigenvalue weighted by atomic mass is 9.88. The summed E-state index contributed by atoms with van der Waals surface area (Å²) in [4.78, 5) is 23.4. The van der Waals surface area contributed by atoms with Crippen LogP contribution in [0.3, 0.4) is 0 Å². The number of hydrogen-bond acceptors (Lipinski definition) is 9. The Labute approximate surface area is 226 Å². The number of hydrogen-bond donors (Lipinski definition) is 5. The molecule has 214 valence electrons. The van der Waals surface area contributed by atoms with E-state index < -0.39 is 0 Å². The van der Waals surface area contributed by atoms with Crippen molar-refractivity contribution in [3.05, 3.63) is 0 Å². The number of nitrogens with zero attached hydrogens (tertiary/aromatic N) is 1. The quantitative estimate of drug-likeness (QED) is 0.127. The number of unbranched alkanes of at least 4 members (excludes halogenated alkanes) is 1. The molecule has 3 unspecified atom stereocenters. The third-order valence-corrected chi connectivity index (χ3v) is 8.13. The Bertz CT molecular complexity index is 697. The number of rotatable bonds is 18. The average Bonchev–Trinajstić information content (AvgIpc) is 3.53. The summed E-state index contributed by atoms with van der Waals surface area (Å²) in [6.45, 7) is 12.4. The highest BCUT2D eigenvalue weighted by Gasteiger charge is 2.42. The van der Waals surface area contributed by atoms with Gasteiger partial charge in [-0.05, 0) is 24.7 Å². The molecule has 0 saturated carbocycles. The second kappa shape index (κ2) is 16.1. The van der Waals surface area contributed by atoms with E-state index in [0.29, 0.717) is 69.3 Å². The molecule has 0 spiro atoms. The van der Waals surface area contributed by atoms with Crippen molar-refractivity contribution in [1.82, 2.24) is 31.9 Å². The van der Waals surface area contributed by atoms with Gasteiger partial charge in [-0.2, -0.15) is 17.3 Å². The Morgan fingerprint density at radius 1 is 1.05 bits per heavy atom. The van der Waals surface area contributed by atoms with Crippen molar-refractivity contribution >= 4 is 23.7 Å². The van der Waals surface area contributed by atoms with Crippen LogP contribution in [0.15, 0.2) is 0 Å². The normalized spacial score (nSPS) is 25.8. The summed E-state index contributed by atoms with van der Waals surface area (Å²) in [6.07, 6.45) is 4.54. The number of ether oxygens (including phenoxy) is 3. The second-order valence-corrected chi connectivity index (χ2v) is 12.5. The van der Waals surface area contributed by atoms with E-state index in [9.17, 15) is 9.59 Å². The SMILES string of the molecule is CC(C)(C)CC1CN(CCOCCOCCOCCNC(=O)CCCC[C@@H]2SCC3NC(=O)NC32)NN1.